The molecular weight excluding hydrogens is 378 g/mol. The number of fused-ring (bicyclic) bond motifs is 1. The van der Waals surface area contributed by atoms with E-state index in [-0.39, 0.29) is 5.91 Å². The molecule has 1 amide bonds. The van der Waals surface area contributed by atoms with Gasteiger partial charge in [0.25, 0.3) is 5.91 Å². The number of aromatic nitrogens is 5. The van der Waals surface area contributed by atoms with Crippen LogP contribution in [0.3, 0.4) is 0 Å². The maximum atomic E-state index is 12.8. The van der Waals surface area contributed by atoms with E-state index in [0.717, 1.165) is 22.6 Å². The summed E-state index contributed by atoms with van der Waals surface area (Å²) in [6.07, 6.45) is 1.55. The fourth-order valence-corrected chi connectivity index (χ4v) is 3.79. The average molecular weight is 399 g/mol. The second-order valence-corrected chi connectivity index (χ2v) is 7.36. The van der Waals surface area contributed by atoms with Crippen LogP contribution in [0.4, 0.5) is 5.82 Å². The molecule has 0 aliphatic carbocycles. The quantitative estimate of drug-likeness (QED) is 0.527. The zero-order chi connectivity index (χ0) is 20.5. The minimum absolute atomic E-state index is 0.0706. The Bertz CT molecular complexity index is 1200. The van der Waals surface area contributed by atoms with Gasteiger partial charge in [-0.2, -0.15) is 4.68 Å². The van der Waals surface area contributed by atoms with Crippen molar-refractivity contribution in [2.45, 2.75) is 6.92 Å². The standard InChI is InChI=1S/C22H21N7O/c1-16-6-5-7-17(14-16)22(30)28-12-10-27(11-13-28)20-19-21(24-15-23-20)29(26-25-19)18-8-3-2-4-9-18/h2-9,14-15H,10-13H2,1H3. The van der Waals surface area contributed by atoms with Gasteiger partial charge >= 0.3 is 0 Å². The molecule has 0 N–H and O–H groups in total. The number of rotatable bonds is 3. The van der Waals surface area contributed by atoms with Gasteiger partial charge in [0.05, 0.1) is 5.69 Å². The van der Waals surface area contributed by atoms with E-state index in [0.29, 0.717) is 37.3 Å². The molecule has 0 spiro atoms. The maximum Gasteiger partial charge on any atom is 0.253 e. The lowest BCUT2D eigenvalue weighted by Crippen LogP contribution is -2.49. The van der Waals surface area contributed by atoms with Crippen LogP contribution < -0.4 is 4.90 Å². The molecule has 1 saturated heterocycles. The van der Waals surface area contributed by atoms with Crippen LogP contribution in [0.15, 0.2) is 60.9 Å². The summed E-state index contributed by atoms with van der Waals surface area (Å²) in [6, 6.07) is 17.5. The van der Waals surface area contributed by atoms with E-state index in [2.05, 4.69) is 25.2 Å². The van der Waals surface area contributed by atoms with Gasteiger partial charge in [-0.05, 0) is 31.2 Å². The first-order valence-electron chi connectivity index (χ1n) is 9.93. The van der Waals surface area contributed by atoms with Gasteiger partial charge in [0.1, 0.15) is 6.33 Å². The molecule has 8 nitrogen and oxygen atoms in total. The number of piperazine rings is 1. The molecule has 1 aliphatic rings. The Morgan fingerprint density at radius 3 is 2.50 bits per heavy atom. The Morgan fingerprint density at radius 1 is 0.933 bits per heavy atom. The Balaban J connectivity index is 1.36. The molecule has 0 saturated carbocycles. The van der Waals surface area contributed by atoms with Crippen molar-refractivity contribution in [3.8, 4) is 5.69 Å². The summed E-state index contributed by atoms with van der Waals surface area (Å²) in [5, 5.41) is 8.63. The van der Waals surface area contributed by atoms with Crippen LogP contribution >= 0.6 is 0 Å². The van der Waals surface area contributed by atoms with Gasteiger partial charge in [-0.15, -0.1) is 5.10 Å². The summed E-state index contributed by atoms with van der Waals surface area (Å²) in [4.78, 5) is 25.7. The lowest BCUT2D eigenvalue weighted by atomic mass is 10.1. The fraction of sp³-hybridized carbons (Fsp3) is 0.227. The number of nitrogens with zero attached hydrogens (tertiary/aromatic N) is 7. The third kappa shape index (κ3) is 3.26. The average Bonchev–Trinajstić information content (AvgIpc) is 3.24. The van der Waals surface area contributed by atoms with Crippen LogP contribution in [0.1, 0.15) is 15.9 Å². The van der Waals surface area contributed by atoms with Gasteiger partial charge in [-0.3, -0.25) is 4.79 Å². The SMILES string of the molecule is Cc1cccc(C(=O)N2CCN(c3ncnc4c3nnn4-c3ccccc3)CC2)c1. The molecule has 5 rings (SSSR count). The second-order valence-electron chi connectivity index (χ2n) is 7.36. The first kappa shape index (κ1) is 18.2. The first-order chi connectivity index (χ1) is 14.7. The summed E-state index contributed by atoms with van der Waals surface area (Å²) in [7, 11) is 0. The summed E-state index contributed by atoms with van der Waals surface area (Å²) in [5.41, 5.74) is 4.06. The lowest BCUT2D eigenvalue weighted by molar-refractivity contribution is 0.0746. The number of anilines is 1. The Hall–Kier alpha value is -3.81. The van der Waals surface area contributed by atoms with Crippen LogP contribution in [0, 0.1) is 6.92 Å². The third-order valence-corrected chi connectivity index (χ3v) is 5.35. The number of aryl methyl sites for hydroxylation is 1. The molecule has 4 aromatic rings. The molecule has 0 radical (unpaired) electrons. The van der Waals surface area contributed by atoms with Gasteiger partial charge in [-0.1, -0.05) is 41.1 Å². The van der Waals surface area contributed by atoms with E-state index in [1.165, 1.54) is 0 Å². The molecule has 0 atom stereocenters. The van der Waals surface area contributed by atoms with Gasteiger partial charge < -0.3 is 9.80 Å². The van der Waals surface area contributed by atoms with Crippen molar-refractivity contribution < 1.29 is 4.79 Å². The molecule has 2 aromatic heterocycles. The molecule has 1 aliphatic heterocycles. The minimum atomic E-state index is 0.0706. The molecule has 0 unspecified atom stereocenters. The molecule has 150 valence electrons. The van der Waals surface area contributed by atoms with Crippen molar-refractivity contribution in [3.63, 3.8) is 0 Å². The summed E-state index contributed by atoms with van der Waals surface area (Å²) in [5.74, 6) is 0.825. The highest BCUT2D eigenvalue weighted by Gasteiger charge is 2.25. The Labute approximate surface area is 173 Å². The first-order valence-corrected chi connectivity index (χ1v) is 9.93. The van der Waals surface area contributed by atoms with Crippen LogP contribution in [0.5, 0.6) is 0 Å². The van der Waals surface area contributed by atoms with Crippen molar-refractivity contribution in [1.82, 2.24) is 29.9 Å². The van der Waals surface area contributed by atoms with Crippen molar-refractivity contribution in [3.05, 3.63) is 72.1 Å². The minimum Gasteiger partial charge on any atom is -0.351 e. The number of para-hydroxylation sites is 1. The molecule has 0 bridgehead atoms. The van der Waals surface area contributed by atoms with Gasteiger partial charge in [0.15, 0.2) is 17.0 Å². The zero-order valence-electron chi connectivity index (χ0n) is 16.6. The summed E-state index contributed by atoms with van der Waals surface area (Å²) in [6.45, 7) is 4.62. The Morgan fingerprint density at radius 2 is 1.73 bits per heavy atom. The smallest absolute Gasteiger partial charge is 0.253 e. The van der Waals surface area contributed by atoms with Crippen LogP contribution in [-0.2, 0) is 0 Å². The molecule has 3 heterocycles. The number of hydrogen-bond acceptors (Lipinski definition) is 6. The predicted octanol–water partition coefficient (Wildman–Crippen LogP) is 2.48. The second kappa shape index (κ2) is 7.55. The van der Waals surface area contributed by atoms with Crippen molar-refractivity contribution >= 4 is 22.9 Å². The number of carbonyl (C=O) groups is 1. The van der Waals surface area contributed by atoms with E-state index in [1.807, 2.05) is 66.4 Å². The topological polar surface area (TPSA) is 80.0 Å². The molecular formula is C22H21N7O. The Kier molecular flexibility index (Phi) is 4.59. The molecule has 30 heavy (non-hydrogen) atoms. The van der Waals surface area contributed by atoms with Crippen molar-refractivity contribution in [2.24, 2.45) is 0 Å². The number of hydrogen-bond donors (Lipinski definition) is 0. The van der Waals surface area contributed by atoms with Crippen LogP contribution in [0.25, 0.3) is 16.9 Å². The van der Waals surface area contributed by atoms with E-state index in [9.17, 15) is 4.79 Å². The number of benzene rings is 2. The van der Waals surface area contributed by atoms with E-state index >= 15 is 0 Å². The highest BCUT2D eigenvalue weighted by Crippen LogP contribution is 2.24. The number of carbonyl (C=O) groups excluding carboxylic acids is 1. The monoisotopic (exact) mass is 399 g/mol. The summed E-state index contributed by atoms with van der Waals surface area (Å²) >= 11 is 0. The van der Waals surface area contributed by atoms with E-state index < -0.39 is 0 Å². The highest BCUT2D eigenvalue weighted by atomic mass is 16.2. The van der Waals surface area contributed by atoms with Crippen LogP contribution in [0.2, 0.25) is 0 Å². The van der Waals surface area contributed by atoms with Crippen molar-refractivity contribution in [2.75, 3.05) is 31.1 Å². The number of amides is 1. The normalized spacial score (nSPS) is 14.3. The highest BCUT2D eigenvalue weighted by molar-refractivity contribution is 5.94. The van der Waals surface area contributed by atoms with E-state index in [1.54, 1.807) is 11.0 Å². The fourth-order valence-electron chi connectivity index (χ4n) is 3.79. The maximum absolute atomic E-state index is 12.8. The van der Waals surface area contributed by atoms with Crippen LogP contribution in [-0.4, -0.2) is 61.9 Å². The zero-order valence-corrected chi connectivity index (χ0v) is 16.6. The van der Waals surface area contributed by atoms with E-state index in [4.69, 9.17) is 0 Å². The third-order valence-electron chi connectivity index (χ3n) is 5.35. The van der Waals surface area contributed by atoms with Crippen molar-refractivity contribution in [1.29, 1.82) is 0 Å². The summed E-state index contributed by atoms with van der Waals surface area (Å²) < 4.78 is 1.72. The predicted molar refractivity (Wildman–Crippen MR) is 114 cm³/mol. The molecule has 1 fully saturated rings. The molecule has 8 heteroatoms. The lowest BCUT2D eigenvalue weighted by Gasteiger charge is -2.35. The van der Waals surface area contributed by atoms with Gasteiger partial charge in [-0.25, -0.2) is 9.97 Å². The largest absolute Gasteiger partial charge is 0.351 e. The molecule has 2 aromatic carbocycles. The van der Waals surface area contributed by atoms with Gasteiger partial charge in [0.2, 0.25) is 0 Å². The van der Waals surface area contributed by atoms with Gasteiger partial charge in [0, 0.05) is 31.7 Å².